The lowest BCUT2D eigenvalue weighted by molar-refractivity contribution is -0.139. The molecule has 7 nitrogen and oxygen atoms in total. The minimum Gasteiger partial charge on any atom is -0.491 e. The van der Waals surface area contributed by atoms with Crippen molar-refractivity contribution in [3.63, 3.8) is 0 Å². The second-order valence-electron chi connectivity index (χ2n) is 9.71. The number of rotatable bonds is 6. The van der Waals surface area contributed by atoms with Gasteiger partial charge in [-0.2, -0.15) is 13.2 Å². The average Bonchev–Trinajstić information content (AvgIpc) is 2.90. The third-order valence-electron chi connectivity index (χ3n) is 6.70. The highest BCUT2D eigenvalue weighted by molar-refractivity contribution is 5.88. The largest absolute Gasteiger partial charge is 0.491 e. The van der Waals surface area contributed by atoms with Crippen LogP contribution in [0.25, 0.3) is 0 Å². The molecule has 2 aliphatic rings. The molecule has 40 heavy (non-hydrogen) atoms. The van der Waals surface area contributed by atoms with E-state index in [1.807, 2.05) is 0 Å². The number of benzene rings is 2. The molecule has 2 aliphatic heterocycles. The van der Waals surface area contributed by atoms with E-state index in [0.29, 0.717) is 24.0 Å². The third kappa shape index (κ3) is 8.69. The second-order valence-corrected chi connectivity index (χ2v) is 9.71. The maximum Gasteiger partial charge on any atom is 0.416 e. The molecule has 3 atom stereocenters. The second kappa shape index (κ2) is 14.1. The molecule has 0 aromatic heterocycles. The predicted octanol–water partition coefficient (Wildman–Crippen LogP) is 3.44. The predicted molar refractivity (Wildman–Crippen MR) is 141 cm³/mol. The Morgan fingerprint density at radius 2 is 2.00 bits per heavy atom. The van der Waals surface area contributed by atoms with Crippen LogP contribution >= 0.6 is 0 Å². The normalized spacial score (nSPS) is 20.0. The van der Waals surface area contributed by atoms with Crippen LogP contribution < -0.4 is 15.4 Å². The Morgan fingerprint density at radius 3 is 2.70 bits per heavy atom. The molecule has 0 spiro atoms. The monoisotopic (exact) mass is 563 g/mol. The number of fused-ring (bicyclic) bond motifs is 13. The molecular weight excluding hydrogens is 530 g/mol. The van der Waals surface area contributed by atoms with E-state index in [-0.39, 0.29) is 50.6 Å². The van der Waals surface area contributed by atoms with E-state index in [1.54, 1.807) is 6.07 Å². The summed E-state index contributed by atoms with van der Waals surface area (Å²) in [6.07, 6.45) is 0.839. The molecule has 0 saturated carbocycles. The lowest BCUT2D eigenvalue weighted by Crippen LogP contribution is -2.55. The minimum absolute atomic E-state index is 0.0236. The zero-order valence-electron chi connectivity index (χ0n) is 22.1. The van der Waals surface area contributed by atoms with Crippen molar-refractivity contribution in [3.8, 4) is 18.1 Å². The Hall–Kier alpha value is -3.62. The van der Waals surface area contributed by atoms with Crippen molar-refractivity contribution in [3.05, 3.63) is 65.0 Å². The van der Waals surface area contributed by atoms with Crippen molar-refractivity contribution in [1.82, 2.24) is 15.5 Å². The molecule has 2 bridgehead atoms. The number of amides is 2. The van der Waals surface area contributed by atoms with Crippen LogP contribution in [0.4, 0.5) is 17.6 Å². The highest BCUT2D eigenvalue weighted by atomic mass is 19.4. The summed E-state index contributed by atoms with van der Waals surface area (Å²) in [4.78, 5) is 27.3. The number of nitrogens with zero attached hydrogens (tertiary/aromatic N) is 1. The summed E-state index contributed by atoms with van der Waals surface area (Å²) >= 11 is 0. The Labute approximate surface area is 230 Å². The quantitative estimate of drug-likeness (QED) is 0.370. The first kappa shape index (κ1) is 30.9. The fraction of sp³-hybridized carbons (Fsp3) is 0.448. The van der Waals surface area contributed by atoms with Crippen LogP contribution in [0.15, 0.2) is 42.5 Å². The van der Waals surface area contributed by atoms with Gasteiger partial charge in [0.25, 0.3) is 0 Å². The zero-order chi connectivity index (χ0) is 29.3. The van der Waals surface area contributed by atoms with E-state index in [9.17, 15) is 32.3 Å². The summed E-state index contributed by atoms with van der Waals surface area (Å²) in [6, 6.07) is 7.22. The maximum absolute atomic E-state index is 14.7. The van der Waals surface area contributed by atoms with Crippen molar-refractivity contribution in [2.45, 2.75) is 63.0 Å². The number of halogens is 4. The number of terminal acetylenes is 1. The number of nitrogens with one attached hydrogen (secondary N) is 2. The molecule has 2 aromatic carbocycles. The summed E-state index contributed by atoms with van der Waals surface area (Å²) in [5.41, 5.74) is 0.0397. The maximum atomic E-state index is 14.7. The minimum atomic E-state index is -4.48. The smallest absolute Gasteiger partial charge is 0.416 e. The van der Waals surface area contributed by atoms with Gasteiger partial charge in [-0.25, -0.2) is 4.39 Å². The summed E-state index contributed by atoms with van der Waals surface area (Å²) < 4.78 is 59.3. The summed E-state index contributed by atoms with van der Waals surface area (Å²) in [5, 5.41) is 16.7. The number of carbonyl (C=O) groups is 2. The van der Waals surface area contributed by atoms with Gasteiger partial charge in [0, 0.05) is 33.0 Å². The highest BCUT2D eigenvalue weighted by Crippen LogP contribution is 2.29. The van der Waals surface area contributed by atoms with Crippen molar-refractivity contribution < 1.29 is 37.0 Å². The van der Waals surface area contributed by atoms with Gasteiger partial charge in [-0.1, -0.05) is 24.3 Å². The van der Waals surface area contributed by atoms with Gasteiger partial charge >= 0.3 is 6.18 Å². The fourth-order valence-corrected chi connectivity index (χ4v) is 4.40. The van der Waals surface area contributed by atoms with Gasteiger partial charge in [0.15, 0.2) is 11.6 Å². The molecule has 0 unspecified atom stereocenters. The number of alkyl halides is 3. The van der Waals surface area contributed by atoms with Gasteiger partial charge in [0.05, 0.1) is 24.3 Å². The molecule has 11 heteroatoms. The molecule has 0 saturated heterocycles. The summed E-state index contributed by atoms with van der Waals surface area (Å²) in [5.74, 6) is 0.982. The Balaban J connectivity index is 1.80. The first-order valence-corrected chi connectivity index (χ1v) is 12.9. The highest BCUT2D eigenvalue weighted by Gasteiger charge is 2.31. The van der Waals surface area contributed by atoms with Crippen molar-refractivity contribution in [2.75, 3.05) is 20.2 Å². The average molecular weight is 564 g/mol. The van der Waals surface area contributed by atoms with E-state index < -0.39 is 41.7 Å². The molecule has 0 aliphatic carbocycles. The SMILES string of the molecule is C#CC[C@H]1C(=O)N[C@H]([C@H](O)CNCc2cccc(C(F)(F)F)c2)Cc2ccc(c(F)c2)OCCCCC(=O)N1C. The molecule has 2 aromatic rings. The Morgan fingerprint density at radius 1 is 1.23 bits per heavy atom. The molecule has 3 N–H and O–H groups in total. The number of carbonyl (C=O) groups excluding carboxylic acids is 2. The summed E-state index contributed by atoms with van der Waals surface area (Å²) in [7, 11) is 1.49. The number of hydrogen-bond acceptors (Lipinski definition) is 5. The standard InChI is InChI=1S/C29H33F4N3O4/c1-3-7-24-28(39)35-23(25(37)18-34-17-20-8-6-9-21(14-20)29(31,32)33)16-19-11-12-26(22(30)15-19)40-13-5-4-10-27(38)36(24)2/h1,6,8-9,11-12,14-15,23-25,34,37H,4-5,7,10,13,16-18H2,2H3,(H,35,39)/t23-,24-,25+/m0/s1. The van der Waals surface area contributed by atoms with Crippen LogP contribution in [-0.2, 0) is 28.7 Å². The summed E-state index contributed by atoms with van der Waals surface area (Å²) in [6.45, 7) is 0.138. The molecular formula is C29H33F4N3O4. The topological polar surface area (TPSA) is 90.9 Å². The van der Waals surface area contributed by atoms with E-state index in [0.717, 1.165) is 12.1 Å². The molecule has 216 valence electrons. The molecule has 0 fully saturated rings. The molecule has 0 radical (unpaired) electrons. The molecule has 4 rings (SSSR count). The number of ether oxygens (including phenoxy) is 1. The number of aliphatic hydroxyl groups is 1. The van der Waals surface area contributed by atoms with E-state index in [4.69, 9.17) is 11.2 Å². The lowest BCUT2D eigenvalue weighted by atomic mass is 9.99. The Bertz CT molecular complexity index is 1210. The van der Waals surface area contributed by atoms with Crippen molar-refractivity contribution in [2.24, 2.45) is 0 Å². The third-order valence-corrected chi connectivity index (χ3v) is 6.70. The van der Waals surface area contributed by atoms with Gasteiger partial charge in [-0.3, -0.25) is 9.59 Å². The number of likely N-dealkylation sites (N-methyl/N-ethyl adjacent to an activating group) is 1. The van der Waals surface area contributed by atoms with Crippen LogP contribution in [0.2, 0.25) is 0 Å². The van der Waals surface area contributed by atoms with Gasteiger partial charge in [0.1, 0.15) is 6.04 Å². The number of hydrogen-bond donors (Lipinski definition) is 3. The van der Waals surface area contributed by atoms with Crippen LogP contribution in [0.3, 0.4) is 0 Å². The van der Waals surface area contributed by atoms with Crippen LogP contribution in [0, 0.1) is 18.2 Å². The van der Waals surface area contributed by atoms with Gasteiger partial charge in [-0.05, 0) is 48.6 Å². The van der Waals surface area contributed by atoms with Crippen molar-refractivity contribution >= 4 is 11.8 Å². The van der Waals surface area contributed by atoms with Gasteiger partial charge in [-0.15, -0.1) is 12.3 Å². The van der Waals surface area contributed by atoms with E-state index in [2.05, 4.69) is 16.6 Å². The van der Waals surface area contributed by atoms with E-state index >= 15 is 0 Å². The van der Waals surface area contributed by atoms with Gasteiger partial charge in [0.2, 0.25) is 11.8 Å². The lowest BCUT2D eigenvalue weighted by Gasteiger charge is -2.30. The molecule has 2 heterocycles. The zero-order valence-corrected chi connectivity index (χ0v) is 22.1. The molecule has 2 amide bonds. The first-order chi connectivity index (χ1) is 19.0. The van der Waals surface area contributed by atoms with E-state index in [1.165, 1.54) is 36.2 Å². The first-order valence-electron chi connectivity index (χ1n) is 12.9. The van der Waals surface area contributed by atoms with Crippen LogP contribution in [0.5, 0.6) is 5.75 Å². The number of aliphatic hydroxyl groups excluding tert-OH is 1. The van der Waals surface area contributed by atoms with Crippen LogP contribution in [-0.4, -0.2) is 60.2 Å². The fourth-order valence-electron chi connectivity index (χ4n) is 4.40. The van der Waals surface area contributed by atoms with Crippen LogP contribution in [0.1, 0.15) is 42.4 Å². The van der Waals surface area contributed by atoms with Crippen molar-refractivity contribution in [1.29, 1.82) is 0 Å². The van der Waals surface area contributed by atoms with Gasteiger partial charge < -0.3 is 25.4 Å². The Kier molecular flexibility index (Phi) is 10.9.